The number of hydrogen-bond acceptors (Lipinski definition) is 9. The smallest absolute Gasteiger partial charge is 0.339 e. The van der Waals surface area contributed by atoms with E-state index >= 15 is 0 Å². The maximum atomic E-state index is 14.6. The zero-order valence-electron chi connectivity index (χ0n) is 34.4. The summed E-state index contributed by atoms with van der Waals surface area (Å²) in [5.74, 6) is -0.886. The Morgan fingerprint density at radius 3 is 2.34 bits per heavy atom. The summed E-state index contributed by atoms with van der Waals surface area (Å²) in [6.07, 6.45) is 6.55. The number of benzene rings is 3. The Labute approximate surface area is 341 Å². The summed E-state index contributed by atoms with van der Waals surface area (Å²) >= 11 is 0. The summed E-state index contributed by atoms with van der Waals surface area (Å²) in [6.45, 7) is 5.93. The number of fused-ring (bicyclic) bond motifs is 13. The number of aliphatic hydroxyl groups excluding tert-OH is 1. The van der Waals surface area contributed by atoms with Gasteiger partial charge >= 0.3 is 17.6 Å². The van der Waals surface area contributed by atoms with Crippen LogP contribution < -0.4 is 10.4 Å². The summed E-state index contributed by atoms with van der Waals surface area (Å²) in [5.41, 5.74) is 4.22. The Hall–Kier alpha value is -4.73. The lowest BCUT2D eigenvalue weighted by atomic mass is 9.71. The molecule has 0 amide bonds. The van der Waals surface area contributed by atoms with Gasteiger partial charge in [-0.2, -0.15) is 0 Å². The molecule has 0 unspecified atom stereocenters. The van der Waals surface area contributed by atoms with E-state index < -0.39 is 41.3 Å². The number of ether oxygens (including phenoxy) is 4. The summed E-state index contributed by atoms with van der Waals surface area (Å²) in [4.78, 5) is 43.0. The maximum absolute atomic E-state index is 14.6. The second kappa shape index (κ2) is 18.5. The fraction of sp³-hybridized carbons (Fsp3) is 0.490. The maximum Gasteiger partial charge on any atom is 0.339 e. The Balaban J connectivity index is 1.37. The standard InChI is InChI=1S/C49H58O9/c1-31(2)39-23-21-33-15-18-34(19-16-33)27-35(20-17-32-11-7-5-8-12-32)28-42(51)55-45-43-41(58-49(3,46(45)57-47(39)52)38-13-9-6-10-14-38)24-22-36-29-40(48(53)56-44(36)43)37(25-26-50)30-54-4/h5,7-8,11-12,15-16,18-19,22,24,29,35,37-38,45-46,50H,6,9-10,13-14,17,20-21,23,25-28,30H2,1-4H3/t35-,37-,45-,46+,49+/m1/s1. The molecular formula is C49H58O9. The number of allylic oxidation sites excluding steroid dienone is 1. The number of hydrogen-bond donors (Lipinski definition) is 1. The van der Waals surface area contributed by atoms with Crippen molar-refractivity contribution in [3.8, 4) is 5.75 Å². The molecule has 4 aliphatic rings. The van der Waals surface area contributed by atoms with Gasteiger partial charge in [-0.15, -0.1) is 0 Å². The Morgan fingerprint density at radius 1 is 0.897 bits per heavy atom. The minimum absolute atomic E-state index is 0.00380. The predicted octanol–water partition coefficient (Wildman–Crippen LogP) is 9.30. The van der Waals surface area contributed by atoms with Crippen LogP contribution in [0.15, 0.2) is 93.2 Å². The van der Waals surface area contributed by atoms with Gasteiger partial charge in [-0.05, 0) is 113 Å². The van der Waals surface area contributed by atoms with Gasteiger partial charge in [0.1, 0.15) is 16.9 Å². The molecule has 4 heterocycles. The zero-order chi connectivity index (χ0) is 40.8. The minimum atomic E-state index is -1.13. The van der Waals surface area contributed by atoms with Gasteiger partial charge in [0.2, 0.25) is 0 Å². The highest BCUT2D eigenvalue weighted by Gasteiger charge is 2.56. The van der Waals surface area contributed by atoms with E-state index in [1.165, 1.54) is 5.56 Å². The van der Waals surface area contributed by atoms with E-state index in [4.69, 9.17) is 23.4 Å². The second-order valence-corrected chi connectivity index (χ2v) is 17.0. The molecule has 9 heteroatoms. The Kier molecular flexibility index (Phi) is 13.2. The number of aliphatic hydroxyl groups is 1. The highest BCUT2D eigenvalue weighted by atomic mass is 16.6. The number of carbonyl (C=O) groups excluding carboxylic acids is 2. The van der Waals surface area contributed by atoms with Crippen molar-refractivity contribution in [2.45, 2.75) is 122 Å². The molecule has 1 aromatic heterocycles. The number of rotatable bonds is 9. The first kappa shape index (κ1) is 41.4. The van der Waals surface area contributed by atoms with Crippen LogP contribution in [0.3, 0.4) is 0 Å². The van der Waals surface area contributed by atoms with Crippen molar-refractivity contribution in [2.75, 3.05) is 20.3 Å². The molecular weight excluding hydrogens is 733 g/mol. The molecule has 5 atom stereocenters. The molecule has 1 saturated carbocycles. The number of esters is 2. The zero-order valence-corrected chi connectivity index (χ0v) is 34.4. The SMILES string of the molecule is COC[C@@H](CCO)c1cc2ccc3c(c2oc1=O)[C@H]1OC(=O)C[C@H](CCc2ccccc2)Cc2ccc(cc2)CCC(=C(C)C)C(=O)O[C@@H]1[C@](C)(C1CCCCC1)O3. The third-order valence-corrected chi connectivity index (χ3v) is 12.8. The van der Waals surface area contributed by atoms with Crippen molar-refractivity contribution in [3.63, 3.8) is 0 Å². The van der Waals surface area contributed by atoms with Gasteiger partial charge in [0.25, 0.3) is 0 Å². The third-order valence-electron chi connectivity index (χ3n) is 12.8. The quantitative estimate of drug-likeness (QED) is 0.100. The largest absolute Gasteiger partial charge is 0.483 e. The molecule has 0 saturated heterocycles. The fourth-order valence-electron chi connectivity index (χ4n) is 9.47. The van der Waals surface area contributed by atoms with E-state index in [9.17, 15) is 19.5 Å². The molecule has 4 aromatic rings. The number of carbonyl (C=O) groups is 2. The molecule has 2 bridgehead atoms. The molecule has 0 spiro atoms. The lowest BCUT2D eigenvalue weighted by Gasteiger charge is -2.49. The van der Waals surface area contributed by atoms with Crippen LogP contribution in [0.1, 0.15) is 118 Å². The Morgan fingerprint density at radius 2 is 1.64 bits per heavy atom. The number of aryl methyl sites for hydroxylation is 2. The molecule has 1 fully saturated rings. The summed E-state index contributed by atoms with van der Waals surface area (Å²) in [7, 11) is 1.55. The topological polar surface area (TPSA) is 122 Å². The minimum Gasteiger partial charge on any atom is -0.483 e. The van der Waals surface area contributed by atoms with E-state index in [2.05, 4.69) is 36.4 Å². The summed E-state index contributed by atoms with van der Waals surface area (Å²) in [5, 5.41) is 10.4. The first-order chi connectivity index (χ1) is 28.1. The lowest BCUT2D eigenvalue weighted by molar-refractivity contribution is -0.201. The summed E-state index contributed by atoms with van der Waals surface area (Å²) < 4.78 is 32.0. The van der Waals surface area contributed by atoms with Gasteiger partial charge < -0.3 is 28.5 Å². The van der Waals surface area contributed by atoms with Crippen LogP contribution >= 0.6 is 0 Å². The van der Waals surface area contributed by atoms with Crippen molar-refractivity contribution >= 4 is 22.9 Å². The van der Waals surface area contributed by atoms with Crippen molar-refractivity contribution in [1.82, 2.24) is 0 Å². The second-order valence-electron chi connectivity index (χ2n) is 17.0. The van der Waals surface area contributed by atoms with Crippen LogP contribution in [-0.2, 0) is 43.1 Å². The van der Waals surface area contributed by atoms with E-state index in [1.807, 2.05) is 51.1 Å². The average molecular weight is 791 g/mol. The van der Waals surface area contributed by atoms with Crippen LogP contribution in [0, 0.1) is 11.8 Å². The highest BCUT2D eigenvalue weighted by molar-refractivity contribution is 5.90. The Bertz CT molecular complexity index is 2140. The van der Waals surface area contributed by atoms with Crippen LogP contribution in [0.5, 0.6) is 5.75 Å². The van der Waals surface area contributed by atoms with Crippen molar-refractivity contribution < 1.29 is 38.1 Å². The van der Waals surface area contributed by atoms with Crippen LogP contribution in [0.4, 0.5) is 0 Å². The van der Waals surface area contributed by atoms with Crippen LogP contribution in [-0.4, -0.2) is 49.1 Å². The van der Waals surface area contributed by atoms with Gasteiger partial charge in [-0.3, -0.25) is 4.79 Å². The van der Waals surface area contributed by atoms with Gasteiger partial charge in [0.05, 0.1) is 12.2 Å². The van der Waals surface area contributed by atoms with E-state index in [-0.39, 0.29) is 37.1 Å². The first-order valence-corrected chi connectivity index (χ1v) is 21.2. The van der Waals surface area contributed by atoms with E-state index in [0.717, 1.165) is 61.6 Å². The first-order valence-electron chi connectivity index (χ1n) is 21.2. The number of methoxy groups -OCH3 is 1. The molecule has 58 heavy (non-hydrogen) atoms. The van der Waals surface area contributed by atoms with Crippen molar-refractivity contribution in [3.05, 3.63) is 122 Å². The lowest BCUT2D eigenvalue weighted by Crippen LogP contribution is -2.58. The highest BCUT2D eigenvalue weighted by Crippen LogP contribution is 2.52. The molecule has 0 radical (unpaired) electrons. The molecule has 1 N–H and O–H groups in total. The summed E-state index contributed by atoms with van der Waals surface area (Å²) in [6, 6.07) is 24.2. The van der Waals surface area contributed by atoms with E-state index in [1.54, 1.807) is 13.2 Å². The van der Waals surface area contributed by atoms with Crippen LogP contribution in [0.25, 0.3) is 11.0 Å². The molecule has 8 rings (SSSR count). The fourth-order valence-corrected chi connectivity index (χ4v) is 9.47. The average Bonchev–Trinajstić information content (AvgIpc) is 3.21. The van der Waals surface area contributed by atoms with E-state index in [0.29, 0.717) is 53.5 Å². The van der Waals surface area contributed by atoms with Gasteiger partial charge in [0.15, 0.2) is 12.2 Å². The van der Waals surface area contributed by atoms with Crippen molar-refractivity contribution in [1.29, 1.82) is 0 Å². The molecule has 308 valence electrons. The van der Waals surface area contributed by atoms with Gasteiger partial charge in [-0.1, -0.05) is 79.4 Å². The molecule has 3 aliphatic heterocycles. The van der Waals surface area contributed by atoms with Crippen LogP contribution in [0.2, 0.25) is 0 Å². The normalized spacial score (nSPS) is 23.7. The van der Waals surface area contributed by atoms with Gasteiger partial charge in [0, 0.05) is 48.5 Å². The van der Waals surface area contributed by atoms with Gasteiger partial charge in [-0.25, -0.2) is 9.59 Å². The monoisotopic (exact) mass is 790 g/mol. The predicted molar refractivity (Wildman–Crippen MR) is 223 cm³/mol. The molecule has 9 nitrogen and oxygen atoms in total. The molecule has 3 aromatic carbocycles. The van der Waals surface area contributed by atoms with Crippen molar-refractivity contribution in [2.24, 2.45) is 11.8 Å². The molecule has 1 aliphatic carbocycles. The third kappa shape index (κ3) is 9.11.